The quantitative estimate of drug-likeness (QED) is 0.478. The van der Waals surface area contributed by atoms with Crippen LogP contribution in [0.4, 0.5) is 0 Å². The maximum atomic E-state index is 2.49. The predicted octanol–water partition coefficient (Wildman–Crippen LogP) is 5.59. The van der Waals surface area contributed by atoms with Gasteiger partial charge in [-0.1, -0.05) is 59.1 Å². The third-order valence-corrected chi connectivity index (χ3v) is 10.2. The SMILES string of the molecule is C[N+]1(C)CC(C2CCCCC2)=C(c2cccs2)[B-]1(c1cccs1)c1cccs1. The van der Waals surface area contributed by atoms with E-state index < -0.39 is 6.28 Å². The Morgan fingerprint density at radius 1 is 0.821 bits per heavy atom. The lowest BCUT2D eigenvalue weighted by Gasteiger charge is -2.52. The van der Waals surface area contributed by atoms with Gasteiger partial charge in [-0.2, -0.15) is 22.7 Å². The molecule has 0 saturated heterocycles. The van der Waals surface area contributed by atoms with Crippen molar-refractivity contribution >= 4 is 55.3 Å². The van der Waals surface area contributed by atoms with E-state index in [1.165, 1.54) is 43.5 Å². The first-order valence-corrected chi connectivity index (χ1v) is 13.1. The first-order chi connectivity index (χ1) is 13.6. The minimum atomic E-state index is -1.00. The van der Waals surface area contributed by atoms with Crippen LogP contribution in [-0.4, -0.2) is 31.3 Å². The van der Waals surface area contributed by atoms with E-state index in [0.29, 0.717) is 0 Å². The summed E-state index contributed by atoms with van der Waals surface area (Å²) in [5, 5.41) is 6.82. The molecule has 1 aliphatic carbocycles. The summed E-state index contributed by atoms with van der Waals surface area (Å²) in [6, 6.07) is 13.9. The fourth-order valence-electron chi connectivity index (χ4n) is 6.05. The zero-order valence-electron chi connectivity index (χ0n) is 16.8. The number of rotatable bonds is 4. The van der Waals surface area contributed by atoms with Gasteiger partial charge in [0.25, 0.3) is 0 Å². The molecule has 0 radical (unpaired) electrons. The second-order valence-corrected chi connectivity index (χ2v) is 11.9. The van der Waals surface area contributed by atoms with Gasteiger partial charge in [0.15, 0.2) is 0 Å². The molecule has 5 rings (SSSR count). The maximum absolute atomic E-state index is 2.49. The molecular formula is C23H28BNS3. The highest BCUT2D eigenvalue weighted by Crippen LogP contribution is 2.48. The Kier molecular flexibility index (Phi) is 4.91. The fraction of sp³-hybridized carbons (Fsp3) is 0.391. The molecule has 0 amide bonds. The zero-order chi connectivity index (χ0) is 19.2. The third kappa shape index (κ3) is 2.74. The Labute approximate surface area is 180 Å². The second kappa shape index (κ2) is 7.28. The zero-order valence-corrected chi connectivity index (χ0v) is 19.2. The van der Waals surface area contributed by atoms with Gasteiger partial charge >= 0.3 is 6.28 Å². The molecule has 1 aliphatic heterocycles. The molecule has 1 saturated carbocycles. The number of nitrogens with zero attached hydrogens (tertiary/aromatic N) is 1. The number of hydrogen-bond acceptors (Lipinski definition) is 3. The van der Waals surface area contributed by atoms with Crippen molar-refractivity contribution in [2.45, 2.75) is 32.1 Å². The van der Waals surface area contributed by atoms with E-state index in [1.807, 2.05) is 34.0 Å². The van der Waals surface area contributed by atoms with Crippen LogP contribution in [0.15, 0.2) is 58.1 Å². The van der Waals surface area contributed by atoms with Gasteiger partial charge in [-0.05, 0) is 51.4 Å². The van der Waals surface area contributed by atoms with E-state index in [-0.39, 0.29) is 0 Å². The predicted molar refractivity (Wildman–Crippen MR) is 128 cm³/mol. The third-order valence-electron chi connectivity index (χ3n) is 7.18. The molecule has 4 heterocycles. The molecule has 1 fully saturated rings. The van der Waals surface area contributed by atoms with Crippen LogP contribution in [0.1, 0.15) is 37.0 Å². The molecule has 0 bridgehead atoms. The molecule has 1 nitrogen and oxygen atoms in total. The average Bonchev–Trinajstić information content (AvgIpc) is 3.48. The van der Waals surface area contributed by atoms with E-state index in [0.717, 1.165) is 10.3 Å². The van der Waals surface area contributed by atoms with Gasteiger partial charge in [-0.25, -0.2) is 0 Å². The molecule has 3 aromatic heterocycles. The van der Waals surface area contributed by atoms with Crippen molar-refractivity contribution < 1.29 is 4.39 Å². The summed E-state index contributed by atoms with van der Waals surface area (Å²) >= 11 is 5.86. The molecule has 2 aliphatic rings. The fourth-order valence-corrected chi connectivity index (χ4v) is 9.41. The normalized spacial score (nSPS) is 22.1. The Bertz CT molecular complexity index is 912. The molecule has 0 spiro atoms. The molecule has 0 N–H and O–H groups in total. The number of likely N-dealkylation sites (N-methyl/N-ethyl adjacent to an activating group) is 1. The molecule has 0 aromatic carbocycles. The summed E-state index contributed by atoms with van der Waals surface area (Å²) in [6.07, 6.45) is 5.98. The van der Waals surface area contributed by atoms with Gasteiger partial charge < -0.3 is 4.39 Å². The largest absolute Gasteiger partial charge is 0.504 e. The van der Waals surface area contributed by atoms with Gasteiger partial charge in [-0.3, -0.25) is 0 Å². The Hall–Kier alpha value is -1.14. The lowest BCUT2D eigenvalue weighted by molar-refractivity contribution is -0.777. The van der Waals surface area contributed by atoms with Crippen molar-refractivity contribution in [3.05, 3.63) is 63.0 Å². The summed E-state index contributed by atoms with van der Waals surface area (Å²) < 4.78 is 4.17. The summed E-state index contributed by atoms with van der Waals surface area (Å²) in [5.74, 6) is 0.770. The Balaban J connectivity index is 1.83. The summed E-state index contributed by atoms with van der Waals surface area (Å²) in [4.78, 5) is 1.51. The molecule has 0 atom stereocenters. The van der Waals surface area contributed by atoms with Crippen LogP contribution in [0, 0.1) is 5.92 Å². The smallest absolute Gasteiger partial charge is 0.311 e. The maximum Gasteiger partial charge on any atom is 0.311 e. The minimum absolute atomic E-state index is 0.770. The first kappa shape index (κ1) is 18.9. The van der Waals surface area contributed by atoms with Crippen molar-refractivity contribution in [2.24, 2.45) is 5.92 Å². The number of thiophene rings is 3. The van der Waals surface area contributed by atoms with E-state index in [4.69, 9.17) is 0 Å². The van der Waals surface area contributed by atoms with Crippen LogP contribution in [0.5, 0.6) is 0 Å². The van der Waals surface area contributed by atoms with Crippen LogP contribution in [0.25, 0.3) is 5.47 Å². The van der Waals surface area contributed by atoms with Crippen molar-refractivity contribution in [1.29, 1.82) is 0 Å². The van der Waals surface area contributed by atoms with Gasteiger partial charge in [0, 0.05) is 14.1 Å². The van der Waals surface area contributed by atoms with Crippen molar-refractivity contribution in [3.8, 4) is 0 Å². The lowest BCUT2D eigenvalue weighted by Crippen LogP contribution is -2.74. The molecule has 28 heavy (non-hydrogen) atoms. The average molecular weight is 425 g/mol. The van der Waals surface area contributed by atoms with Crippen LogP contribution in [0.2, 0.25) is 0 Å². The van der Waals surface area contributed by atoms with Gasteiger partial charge in [0.1, 0.15) is 0 Å². The molecular weight excluding hydrogens is 397 g/mol. The van der Waals surface area contributed by atoms with E-state index >= 15 is 0 Å². The highest BCUT2D eigenvalue weighted by atomic mass is 32.1. The number of quaternary nitrogens is 1. The molecule has 3 aromatic rings. The van der Waals surface area contributed by atoms with Crippen LogP contribution in [-0.2, 0) is 0 Å². The standard InChI is InChI=1S/C23H28BNS3/c1-25(2)17-19(18-9-4-3-5-10-18)23(20-11-6-14-26-20)24(25,21-12-7-15-27-21)22-13-8-16-28-22/h6-8,11-16,18H,3-5,9-10,17H2,1-2H3. The van der Waals surface area contributed by atoms with Gasteiger partial charge in [-0.15, -0.1) is 16.8 Å². The summed E-state index contributed by atoms with van der Waals surface area (Å²) in [6.45, 7) is 1.19. The van der Waals surface area contributed by atoms with Crippen LogP contribution in [0.3, 0.4) is 0 Å². The monoisotopic (exact) mass is 425 g/mol. The highest BCUT2D eigenvalue weighted by Gasteiger charge is 2.55. The van der Waals surface area contributed by atoms with E-state index in [1.54, 1.807) is 20.6 Å². The van der Waals surface area contributed by atoms with Gasteiger partial charge in [0.05, 0.1) is 6.54 Å². The Morgan fingerprint density at radius 3 is 1.96 bits per heavy atom. The summed E-state index contributed by atoms with van der Waals surface area (Å²) in [7, 11) is 4.98. The second-order valence-electron chi connectivity index (χ2n) is 9.04. The van der Waals surface area contributed by atoms with Gasteiger partial charge in [0.2, 0.25) is 0 Å². The summed E-state index contributed by atoms with van der Waals surface area (Å²) in [5.41, 5.74) is 3.46. The lowest BCUT2D eigenvalue weighted by atomic mass is 9.27. The molecule has 0 unspecified atom stereocenters. The molecule has 146 valence electrons. The van der Waals surface area contributed by atoms with Crippen molar-refractivity contribution in [1.82, 2.24) is 0 Å². The van der Waals surface area contributed by atoms with E-state index in [9.17, 15) is 0 Å². The first-order valence-electron chi connectivity index (χ1n) is 10.5. The Morgan fingerprint density at radius 2 is 1.43 bits per heavy atom. The van der Waals surface area contributed by atoms with Crippen molar-refractivity contribution in [3.63, 3.8) is 0 Å². The van der Waals surface area contributed by atoms with Crippen LogP contribution >= 0.6 is 34.0 Å². The molecule has 5 heteroatoms. The van der Waals surface area contributed by atoms with Crippen LogP contribution < -0.4 is 9.55 Å². The highest BCUT2D eigenvalue weighted by molar-refractivity contribution is 7.39. The number of hydrogen-bond donors (Lipinski definition) is 0. The topological polar surface area (TPSA) is 0 Å². The minimum Gasteiger partial charge on any atom is -0.504 e. The van der Waals surface area contributed by atoms with Crippen molar-refractivity contribution in [2.75, 3.05) is 20.6 Å². The van der Waals surface area contributed by atoms with E-state index in [2.05, 4.69) is 66.6 Å².